The van der Waals surface area contributed by atoms with Crippen LogP contribution >= 0.6 is 0 Å². The molecule has 1 rings (SSSR count). The first-order valence-corrected chi connectivity index (χ1v) is 8.78. The lowest BCUT2D eigenvalue weighted by Crippen LogP contribution is -2.56. The lowest BCUT2D eigenvalue weighted by atomic mass is 10.2. The summed E-state index contributed by atoms with van der Waals surface area (Å²) in [4.78, 5) is 49.2. The molecule has 0 fully saturated rings. The van der Waals surface area contributed by atoms with Crippen molar-refractivity contribution in [1.82, 2.24) is 26.2 Å². The summed E-state index contributed by atoms with van der Waals surface area (Å²) in [6.07, 6.45) is -1.90. The molecule has 0 aromatic heterocycles. The SMILES string of the molecule is CN(C)C(=O)CCN(NC(=O)OC(C)(C)C)C(=O)NNC(=O)Oc1ccccc1. The maximum Gasteiger partial charge on any atom is 0.431 e. The first-order valence-electron chi connectivity index (χ1n) is 8.78. The van der Waals surface area contributed by atoms with Crippen LogP contribution in [0.25, 0.3) is 0 Å². The molecule has 0 unspecified atom stereocenters. The average Bonchev–Trinajstić information content (AvgIpc) is 2.62. The molecule has 0 aliphatic carbocycles. The summed E-state index contributed by atoms with van der Waals surface area (Å²) in [5, 5.41) is 0.818. The van der Waals surface area contributed by atoms with Crippen LogP contribution in [0.15, 0.2) is 30.3 Å². The third-order valence-electron chi connectivity index (χ3n) is 3.14. The average molecular weight is 409 g/mol. The van der Waals surface area contributed by atoms with Crippen molar-refractivity contribution in [2.45, 2.75) is 32.8 Å². The fourth-order valence-electron chi connectivity index (χ4n) is 1.84. The zero-order valence-electron chi connectivity index (χ0n) is 17.1. The minimum Gasteiger partial charge on any atom is -0.443 e. The zero-order valence-corrected chi connectivity index (χ0v) is 17.1. The Morgan fingerprint density at radius 1 is 0.966 bits per heavy atom. The van der Waals surface area contributed by atoms with Crippen LogP contribution in [0.4, 0.5) is 14.4 Å². The number of carbonyl (C=O) groups is 4. The van der Waals surface area contributed by atoms with E-state index in [1.165, 1.54) is 4.90 Å². The lowest BCUT2D eigenvalue weighted by Gasteiger charge is -2.26. The molecule has 0 atom stereocenters. The Morgan fingerprint density at radius 3 is 2.14 bits per heavy atom. The number of benzene rings is 1. The van der Waals surface area contributed by atoms with Gasteiger partial charge in [0.15, 0.2) is 0 Å². The predicted molar refractivity (Wildman–Crippen MR) is 104 cm³/mol. The van der Waals surface area contributed by atoms with E-state index in [1.54, 1.807) is 65.2 Å². The van der Waals surface area contributed by atoms with Crippen molar-refractivity contribution in [3.05, 3.63) is 30.3 Å². The van der Waals surface area contributed by atoms with Crippen molar-refractivity contribution < 1.29 is 28.7 Å². The van der Waals surface area contributed by atoms with E-state index in [-0.39, 0.29) is 24.6 Å². The number of hydrogen-bond acceptors (Lipinski definition) is 6. The molecule has 11 heteroatoms. The number of carbonyl (C=O) groups excluding carboxylic acids is 4. The Labute approximate surface area is 169 Å². The van der Waals surface area contributed by atoms with Gasteiger partial charge in [-0.3, -0.25) is 4.79 Å². The van der Waals surface area contributed by atoms with E-state index in [9.17, 15) is 19.2 Å². The van der Waals surface area contributed by atoms with Crippen molar-refractivity contribution in [3.63, 3.8) is 0 Å². The first kappa shape index (κ1) is 23.5. The number of nitrogens with one attached hydrogen (secondary N) is 3. The van der Waals surface area contributed by atoms with Crippen molar-refractivity contribution >= 4 is 24.1 Å². The summed E-state index contributed by atoms with van der Waals surface area (Å²) >= 11 is 0. The normalized spacial score (nSPS) is 10.4. The van der Waals surface area contributed by atoms with Crippen molar-refractivity contribution in [1.29, 1.82) is 0 Å². The highest BCUT2D eigenvalue weighted by molar-refractivity contribution is 5.81. The number of urea groups is 1. The molecular weight excluding hydrogens is 382 g/mol. The van der Waals surface area contributed by atoms with Gasteiger partial charge in [-0.15, -0.1) is 0 Å². The van der Waals surface area contributed by atoms with Crippen molar-refractivity contribution in [2.24, 2.45) is 0 Å². The van der Waals surface area contributed by atoms with E-state index in [2.05, 4.69) is 16.3 Å². The molecular formula is C18H27N5O6. The van der Waals surface area contributed by atoms with Gasteiger partial charge in [-0.1, -0.05) is 18.2 Å². The fraction of sp³-hybridized carbons (Fsp3) is 0.444. The summed E-state index contributed by atoms with van der Waals surface area (Å²) in [6, 6.07) is 7.33. The molecule has 0 radical (unpaired) electrons. The van der Waals surface area contributed by atoms with Crippen molar-refractivity contribution in [3.8, 4) is 5.75 Å². The highest BCUT2D eigenvalue weighted by Crippen LogP contribution is 2.08. The van der Waals surface area contributed by atoms with Gasteiger partial charge in [0, 0.05) is 20.5 Å². The van der Waals surface area contributed by atoms with Gasteiger partial charge < -0.3 is 14.4 Å². The Bertz CT molecular complexity index is 717. The van der Waals surface area contributed by atoms with Gasteiger partial charge in [0.1, 0.15) is 11.4 Å². The van der Waals surface area contributed by atoms with Gasteiger partial charge in [-0.25, -0.2) is 35.7 Å². The first-order chi connectivity index (χ1) is 13.5. The molecule has 0 aliphatic heterocycles. The van der Waals surface area contributed by atoms with Crippen LogP contribution in [0.3, 0.4) is 0 Å². The number of rotatable bonds is 4. The smallest absolute Gasteiger partial charge is 0.431 e. The number of hydrogen-bond donors (Lipinski definition) is 3. The van der Waals surface area contributed by atoms with Crippen LogP contribution < -0.4 is 21.0 Å². The molecule has 0 aliphatic rings. The summed E-state index contributed by atoms with van der Waals surface area (Å²) in [5.41, 5.74) is 5.59. The Morgan fingerprint density at radius 2 is 1.59 bits per heavy atom. The van der Waals surface area contributed by atoms with Gasteiger partial charge in [0.05, 0.1) is 6.54 Å². The lowest BCUT2D eigenvalue weighted by molar-refractivity contribution is -0.129. The molecule has 29 heavy (non-hydrogen) atoms. The summed E-state index contributed by atoms with van der Waals surface area (Å²) in [5.74, 6) is 0.0183. The third-order valence-corrected chi connectivity index (χ3v) is 3.14. The number of para-hydroxylation sites is 1. The van der Waals surface area contributed by atoms with Crippen LogP contribution in [0.1, 0.15) is 27.2 Å². The molecule has 1 aromatic rings. The monoisotopic (exact) mass is 409 g/mol. The van der Waals surface area contributed by atoms with Crippen LogP contribution in [-0.2, 0) is 9.53 Å². The van der Waals surface area contributed by atoms with Crippen molar-refractivity contribution in [2.75, 3.05) is 20.6 Å². The number of ether oxygens (including phenoxy) is 2. The van der Waals surface area contributed by atoms with Crippen LogP contribution in [-0.4, -0.2) is 60.3 Å². The van der Waals surface area contributed by atoms with Crippen LogP contribution in [0.5, 0.6) is 5.75 Å². The van der Waals surface area contributed by atoms with E-state index in [0.29, 0.717) is 0 Å². The largest absolute Gasteiger partial charge is 0.443 e. The molecule has 11 nitrogen and oxygen atoms in total. The summed E-state index contributed by atoms with van der Waals surface area (Å²) in [6.45, 7) is 4.83. The van der Waals surface area contributed by atoms with Gasteiger partial charge in [0.25, 0.3) is 0 Å². The molecule has 1 aromatic carbocycles. The second-order valence-corrected chi connectivity index (χ2v) is 7.06. The van der Waals surface area contributed by atoms with Crippen LogP contribution in [0, 0.1) is 0 Å². The second kappa shape index (κ2) is 10.7. The molecule has 3 N–H and O–H groups in total. The molecule has 0 saturated heterocycles. The Hall–Kier alpha value is -3.50. The van der Waals surface area contributed by atoms with E-state index in [4.69, 9.17) is 9.47 Å². The number of amides is 5. The van der Waals surface area contributed by atoms with E-state index in [0.717, 1.165) is 5.01 Å². The maximum atomic E-state index is 12.3. The fourth-order valence-corrected chi connectivity index (χ4v) is 1.84. The zero-order chi connectivity index (χ0) is 22.0. The molecule has 0 heterocycles. The quantitative estimate of drug-likeness (QED) is 0.648. The summed E-state index contributed by atoms with van der Waals surface area (Å²) < 4.78 is 10.1. The Kier molecular flexibility index (Phi) is 8.71. The van der Waals surface area contributed by atoms with Gasteiger partial charge in [-0.05, 0) is 32.9 Å². The standard InChI is InChI=1S/C18H27N5O6/c1-18(2,3)29-17(27)21-23(12-11-14(24)22(4)5)15(25)19-20-16(26)28-13-9-7-6-8-10-13/h6-10H,11-12H2,1-5H3,(H,19,25)(H,20,26)(H,21,27). The van der Waals surface area contributed by atoms with E-state index in [1.807, 2.05) is 0 Å². The molecule has 5 amide bonds. The second-order valence-electron chi connectivity index (χ2n) is 7.06. The van der Waals surface area contributed by atoms with Gasteiger partial charge in [0.2, 0.25) is 5.91 Å². The predicted octanol–water partition coefficient (Wildman–Crippen LogP) is 1.62. The number of nitrogens with zero attached hydrogens (tertiary/aromatic N) is 2. The highest BCUT2D eigenvalue weighted by Gasteiger charge is 2.23. The van der Waals surface area contributed by atoms with Crippen LogP contribution in [0.2, 0.25) is 0 Å². The van der Waals surface area contributed by atoms with E-state index < -0.39 is 23.8 Å². The molecule has 160 valence electrons. The van der Waals surface area contributed by atoms with Gasteiger partial charge in [-0.2, -0.15) is 0 Å². The van der Waals surface area contributed by atoms with E-state index >= 15 is 0 Å². The minimum absolute atomic E-state index is 0.0648. The molecule has 0 bridgehead atoms. The third kappa shape index (κ3) is 9.84. The maximum absolute atomic E-state index is 12.3. The minimum atomic E-state index is -0.939. The highest BCUT2D eigenvalue weighted by atomic mass is 16.6. The summed E-state index contributed by atoms with van der Waals surface area (Å²) in [7, 11) is 3.13. The van der Waals surface area contributed by atoms with Gasteiger partial charge >= 0.3 is 18.2 Å². The topological polar surface area (TPSA) is 129 Å². The Balaban J connectivity index is 2.66. The molecule has 0 saturated carbocycles. The number of hydrazine groups is 2. The molecule has 0 spiro atoms.